The van der Waals surface area contributed by atoms with Crippen LogP contribution in [0.3, 0.4) is 0 Å². The average molecular weight is 549 g/mol. The number of nitrogens with one attached hydrogen (secondary N) is 1. The lowest BCUT2D eigenvalue weighted by Gasteiger charge is -2.18. The summed E-state index contributed by atoms with van der Waals surface area (Å²) in [5.74, 6) is -0.0716. The number of aromatic nitrogens is 6. The lowest BCUT2D eigenvalue weighted by atomic mass is 10.2. The molecule has 0 bridgehead atoms. The summed E-state index contributed by atoms with van der Waals surface area (Å²) in [6.07, 6.45) is 2.93. The van der Waals surface area contributed by atoms with Gasteiger partial charge in [0, 0.05) is 24.7 Å². The molecule has 0 spiro atoms. The van der Waals surface area contributed by atoms with E-state index in [1.165, 1.54) is 51.7 Å². The fraction of sp³-hybridized carbons (Fsp3) is 0.192. The number of hydrogen-bond donors (Lipinski definition) is 1. The Balaban J connectivity index is 1.45. The molecule has 0 radical (unpaired) electrons. The van der Waals surface area contributed by atoms with Crippen LogP contribution in [0.2, 0.25) is 0 Å². The molecule has 0 aliphatic carbocycles. The standard InChI is InChI=1S/C26H25FN8O3S/c1-4-33(5-2)39(37,38)21-12-6-18(7-13-21)26(36)31-23-14-17(3)32-35(23)25-22-15-30-34(24(22)28-16-29-25)20-10-8-19(27)9-11-20/h6-16H,4-5H2,1-3H3,(H,31,36). The third-order valence-electron chi connectivity index (χ3n) is 6.15. The van der Waals surface area contributed by atoms with Gasteiger partial charge in [0.1, 0.15) is 18.0 Å². The summed E-state index contributed by atoms with van der Waals surface area (Å²) in [6, 6.07) is 13.3. The van der Waals surface area contributed by atoms with Crippen molar-refractivity contribution in [3.63, 3.8) is 0 Å². The maximum absolute atomic E-state index is 13.4. The van der Waals surface area contributed by atoms with Crippen LogP contribution < -0.4 is 5.32 Å². The molecule has 13 heteroatoms. The molecular weight excluding hydrogens is 523 g/mol. The highest BCUT2D eigenvalue weighted by molar-refractivity contribution is 7.89. The smallest absolute Gasteiger partial charge is 0.256 e. The van der Waals surface area contributed by atoms with E-state index in [1.54, 1.807) is 49.8 Å². The summed E-state index contributed by atoms with van der Waals surface area (Å²) in [6.45, 7) is 6.02. The second kappa shape index (κ2) is 10.3. The number of fused-ring (bicyclic) bond motifs is 1. The lowest BCUT2D eigenvalue weighted by Crippen LogP contribution is -2.30. The van der Waals surface area contributed by atoms with Gasteiger partial charge in [-0.3, -0.25) is 4.79 Å². The highest BCUT2D eigenvalue weighted by Gasteiger charge is 2.22. The number of amides is 1. The van der Waals surface area contributed by atoms with Crippen LogP contribution in [-0.2, 0) is 10.0 Å². The van der Waals surface area contributed by atoms with Gasteiger partial charge in [0.2, 0.25) is 10.0 Å². The first-order valence-electron chi connectivity index (χ1n) is 12.2. The Morgan fingerprint density at radius 2 is 1.69 bits per heavy atom. The van der Waals surface area contributed by atoms with Gasteiger partial charge in [0.25, 0.3) is 5.91 Å². The molecule has 0 atom stereocenters. The maximum Gasteiger partial charge on any atom is 0.256 e. The zero-order chi connectivity index (χ0) is 27.7. The molecule has 11 nitrogen and oxygen atoms in total. The van der Waals surface area contributed by atoms with Crippen molar-refractivity contribution >= 4 is 32.8 Å². The number of nitrogens with zero attached hydrogens (tertiary/aromatic N) is 7. The zero-order valence-electron chi connectivity index (χ0n) is 21.4. The van der Waals surface area contributed by atoms with Crippen LogP contribution >= 0.6 is 0 Å². The summed E-state index contributed by atoms with van der Waals surface area (Å²) in [4.78, 5) is 21.9. The van der Waals surface area contributed by atoms with Crippen molar-refractivity contribution in [3.05, 3.63) is 84.2 Å². The Labute approximate surface area is 224 Å². The van der Waals surface area contributed by atoms with Crippen LogP contribution in [0.15, 0.2) is 72.0 Å². The van der Waals surface area contributed by atoms with E-state index in [1.807, 2.05) is 0 Å². The van der Waals surface area contributed by atoms with Crippen molar-refractivity contribution < 1.29 is 17.6 Å². The molecule has 0 aliphatic rings. The molecule has 200 valence electrons. The van der Waals surface area contributed by atoms with Crippen LogP contribution in [0.5, 0.6) is 0 Å². The Morgan fingerprint density at radius 3 is 2.36 bits per heavy atom. The fourth-order valence-electron chi connectivity index (χ4n) is 4.20. The van der Waals surface area contributed by atoms with Gasteiger partial charge in [-0.1, -0.05) is 13.8 Å². The molecule has 1 N–H and O–H groups in total. The predicted octanol–water partition coefficient (Wildman–Crippen LogP) is 3.73. The number of anilines is 1. The third-order valence-corrected chi connectivity index (χ3v) is 8.21. The van der Waals surface area contributed by atoms with E-state index in [0.29, 0.717) is 47.1 Å². The second-order valence-electron chi connectivity index (χ2n) is 8.62. The van der Waals surface area contributed by atoms with Crippen molar-refractivity contribution in [3.8, 4) is 11.5 Å². The topological polar surface area (TPSA) is 128 Å². The molecule has 2 aromatic carbocycles. The van der Waals surface area contributed by atoms with Crippen LogP contribution in [-0.4, -0.2) is 61.2 Å². The molecule has 3 aromatic heterocycles. The highest BCUT2D eigenvalue weighted by Crippen LogP contribution is 2.25. The van der Waals surface area contributed by atoms with E-state index >= 15 is 0 Å². The highest BCUT2D eigenvalue weighted by atomic mass is 32.2. The van der Waals surface area contributed by atoms with Crippen molar-refractivity contribution in [2.75, 3.05) is 18.4 Å². The van der Waals surface area contributed by atoms with E-state index in [-0.39, 0.29) is 16.3 Å². The quantitative estimate of drug-likeness (QED) is 0.313. The van der Waals surface area contributed by atoms with Gasteiger partial charge in [-0.25, -0.2) is 27.5 Å². The fourth-order valence-corrected chi connectivity index (χ4v) is 5.66. The summed E-state index contributed by atoms with van der Waals surface area (Å²) in [5.41, 5.74) is 1.99. The van der Waals surface area contributed by atoms with E-state index in [2.05, 4.69) is 25.5 Å². The monoisotopic (exact) mass is 548 g/mol. The molecule has 5 aromatic rings. The number of hydrogen-bond acceptors (Lipinski definition) is 7. The minimum Gasteiger partial charge on any atom is -0.306 e. The van der Waals surface area contributed by atoms with Gasteiger partial charge in [0.15, 0.2) is 11.5 Å². The molecule has 0 aliphatic heterocycles. The minimum atomic E-state index is -3.64. The summed E-state index contributed by atoms with van der Waals surface area (Å²) < 4.78 is 43.3. The maximum atomic E-state index is 13.4. The summed E-state index contributed by atoms with van der Waals surface area (Å²) in [7, 11) is -3.64. The largest absolute Gasteiger partial charge is 0.306 e. The Kier molecular flexibility index (Phi) is 6.93. The van der Waals surface area contributed by atoms with E-state index < -0.39 is 15.9 Å². The van der Waals surface area contributed by atoms with E-state index in [9.17, 15) is 17.6 Å². The second-order valence-corrected chi connectivity index (χ2v) is 10.6. The number of aryl methyl sites for hydroxylation is 1. The number of carbonyl (C=O) groups excluding carboxylic acids is 1. The molecule has 0 unspecified atom stereocenters. The zero-order valence-corrected chi connectivity index (χ0v) is 22.2. The van der Waals surface area contributed by atoms with Crippen LogP contribution in [0, 0.1) is 12.7 Å². The van der Waals surface area contributed by atoms with Gasteiger partial charge in [-0.15, -0.1) is 0 Å². The number of benzene rings is 2. The number of halogens is 1. The van der Waals surface area contributed by atoms with Crippen molar-refractivity contribution in [1.82, 2.24) is 33.8 Å². The molecule has 3 heterocycles. The van der Waals surface area contributed by atoms with Crippen molar-refractivity contribution in [2.45, 2.75) is 25.7 Å². The Hall–Kier alpha value is -4.49. The van der Waals surface area contributed by atoms with Gasteiger partial charge >= 0.3 is 0 Å². The lowest BCUT2D eigenvalue weighted by molar-refractivity contribution is 0.102. The van der Waals surface area contributed by atoms with Crippen LogP contribution in [0.4, 0.5) is 10.2 Å². The molecular formula is C26H25FN8O3S. The number of carbonyl (C=O) groups is 1. The Morgan fingerprint density at radius 1 is 1.00 bits per heavy atom. The summed E-state index contributed by atoms with van der Waals surface area (Å²) >= 11 is 0. The minimum absolute atomic E-state index is 0.116. The third kappa shape index (κ3) is 4.89. The first-order chi connectivity index (χ1) is 18.7. The van der Waals surface area contributed by atoms with E-state index in [4.69, 9.17) is 0 Å². The molecule has 39 heavy (non-hydrogen) atoms. The molecule has 0 saturated heterocycles. The Bertz CT molecular complexity index is 1760. The number of sulfonamides is 1. The normalized spacial score (nSPS) is 11.8. The van der Waals surface area contributed by atoms with Gasteiger partial charge in [-0.2, -0.15) is 19.2 Å². The molecule has 1 amide bonds. The van der Waals surface area contributed by atoms with Gasteiger partial charge in [0.05, 0.1) is 27.9 Å². The molecule has 0 fully saturated rings. The first kappa shape index (κ1) is 26.1. The molecule has 0 saturated carbocycles. The van der Waals surface area contributed by atoms with Crippen molar-refractivity contribution in [2.24, 2.45) is 0 Å². The predicted molar refractivity (Wildman–Crippen MR) is 143 cm³/mol. The van der Waals surface area contributed by atoms with Gasteiger partial charge < -0.3 is 5.32 Å². The van der Waals surface area contributed by atoms with Crippen molar-refractivity contribution in [1.29, 1.82) is 0 Å². The van der Waals surface area contributed by atoms with Crippen LogP contribution in [0.1, 0.15) is 29.9 Å². The summed E-state index contributed by atoms with van der Waals surface area (Å²) in [5, 5.41) is 12.3. The average Bonchev–Trinajstić information content (AvgIpc) is 3.53. The van der Waals surface area contributed by atoms with Crippen LogP contribution in [0.25, 0.3) is 22.5 Å². The number of rotatable bonds is 8. The first-order valence-corrected chi connectivity index (χ1v) is 13.6. The molecule has 5 rings (SSSR count). The van der Waals surface area contributed by atoms with E-state index in [0.717, 1.165) is 0 Å². The van der Waals surface area contributed by atoms with Gasteiger partial charge in [-0.05, 0) is 55.5 Å². The SMILES string of the molecule is CCN(CC)S(=O)(=O)c1ccc(C(=O)Nc2cc(C)nn2-c2ncnc3c2cnn3-c2ccc(F)cc2)cc1.